The zero-order chi connectivity index (χ0) is 13.0. The zero-order valence-corrected chi connectivity index (χ0v) is 12.8. The first-order valence-electron chi connectivity index (χ1n) is 5.05. The summed E-state index contributed by atoms with van der Waals surface area (Å²) in [5.74, 6) is 0. The molecule has 0 aliphatic carbocycles. The van der Waals surface area contributed by atoms with E-state index in [0.29, 0.717) is 0 Å². The average molecular weight is 310 g/mol. The summed E-state index contributed by atoms with van der Waals surface area (Å²) < 4.78 is 5.63. The Hall–Kier alpha value is -0.390. The molecule has 3 nitrogen and oxygen atoms in total. The molecular weight excluding hydrogens is 290 g/mol. The third-order valence-corrected chi connectivity index (χ3v) is 2.31. The van der Waals surface area contributed by atoms with Crippen molar-refractivity contribution >= 4 is 33.3 Å². The zero-order valence-electron chi connectivity index (χ0n) is 10.4. The van der Waals surface area contributed by atoms with Crippen LogP contribution in [0, 0.1) is 0 Å². The predicted molar refractivity (Wildman–Crippen MR) is 74.6 cm³/mol. The molecule has 16 heavy (non-hydrogen) atoms. The van der Waals surface area contributed by atoms with Crippen LogP contribution >= 0.6 is 27.3 Å². The number of rotatable bonds is 2. The number of ether oxygens (including phenoxy) is 1. The van der Waals surface area contributed by atoms with Crippen LogP contribution in [0.4, 0.5) is 0 Å². The number of methoxy groups -OCH3 is 1. The van der Waals surface area contributed by atoms with Crippen LogP contribution in [0.3, 0.4) is 0 Å². The molecule has 1 N–H and O–H groups in total. The van der Waals surface area contributed by atoms with Crippen molar-refractivity contribution in [2.24, 2.45) is 0 Å². The Labute approximate surface area is 110 Å². The van der Waals surface area contributed by atoms with Crippen LogP contribution in [-0.4, -0.2) is 23.3 Å². The van der Waals surface area contributed by atoms with Gasteiger partial charge in [0.25, 0.3) is 0 Å². The molecule has 0 atom stereocenters. The summed E-state index contributed by atoms with van der Waals surface area (Å²) in [5, 5.41) is 8.06. The maximum atomic E-state index is 8.06. The molecular formula is C11H20BrNO2S. The highest BCUT2D eigenvalue weighted by molar-refractivity contribution is 9.11. The molecule has 0 saturated carbocycles. The fourth-order valence-corrected chi connectivity index (χ4v) is 1.67. The monoisotopic (exact) mass is 309 g/mol. The summed E-state index contributed by atoms with van der Waals surface area (Å²) in [6, 6.07) is 0. The molecule has 1 aromatic rings. The minimum Gasteiger partial charge on any atom is -0.504 e. The fourth-order valence-electron chi connectivity index (χ4n) is 0.476. The molecule has 0 aliphatic heterocycles. The van der Waals surface area contributed by atoms with Crippen LogP contribution in [0.2, 0.25) is 0 Å². The fraction of sp³-hybridized carbons (Fsp3) is 0.545. The minimum atomic E-state index is -0.167. The maximum absolute atomic E-state index is 8.06. The van der Waals surface area contributed by atoms with E-state index in [1.54, 1.807) is 44.8 Å². The Morgan fingerprint density at radius 1 is 1.50 bits per heavy atom. The van der Waals surface area contributed by atoms with Gasteiger partial charge < -0.3 is 9.84 Å². The lowest BCUT2D eigenvalue weighted by atomic mass is 10.5. The number of nitrogens with zero attached hydrogens (tertiary/aromatic N) is 1. The number of hydrogen-bond acceptors (Lipinski definition) is 4. The molecule has 94 valence electrons. The van der Waals surface area contributed by atoms with Gasteiger partial charge in [-0.3, -0.25) is 0 Å². The normalized spacial score (nSPS) is 9.25. The highest BCUT2D eigenvalue weighted by Crippen LogP contribution is 2.19. The van der Waals surface area contributed by atoms with Gasteiger partial charge in [-0.1, -0.05) is 13.8 Å². The molecule has 0 aromatic carbocycles. The lowest BCUT2D eigenvalue weighted by molar-refractivity contribution is 0.216. The number of aromatic nitrogens is 1. The smallest absolute Gasteiger partial charge is 0.159 e. The van der Waals surface area contributed by atoms with Crippen LogP contribution in [0.25, 0.3) is 6.08 Å². The van der Waals surface area contributed by atoms with Crippen molar-refractivity contribution in [1.82, 2.24) is 4.98 Å². The molecule has 0 aliphatic rings. The van der Waals surface area contributed by atoms with Gasteiger partial charge in [0.1, 0.15) is 0 Å². The van der Waals surface area contributed by atoms with Gasteiger partial charge in [-0.05, 0) is 35.9 Å². The topological polar surface area (TPSA) is 42.4 Å². The Bertz CT molecular complexity index is 272. The summed E-state index contributed by atoms with van der Waals surface area (Å²) >= 11 is 4.82. The molecule has 0 saturated heterocycles. The summed E-state index contributed by atoms with van der Waals surface area (Å²) in [4.78, 5) is 5.08. The Morgan fingerprint density at radius 3 is 2.31 bits per heavy atom. The van der Waals surface area contributed by atoms with Crippen LogP contribution in [0.5, 0.6) is 0 Å². The second-order valence-electron chi connectivity index (χ2n) is 2.65. The maximum Gasteiger partial charge on any atom is 0.159 e. The summed E-state index contributed by atoms with van der Waals surface area (Å²) in [6.07, 6.45) is 5.10. The summed E-state index contributed by atoms with van der Waals surface area (Å²) in [7, 11) is 1.62. The molecule has 0 spiro atoms. The summed E-state index contributed by atoms with van der Waals surface area (Å²) in [5.41, 5.74) is 0. The molecule has 0 fully saturated rings. The molecule has 0 bridgehead atoms. The van der Waals surface area contributed by atoms with E-state index in [9.17, 15) is 0 Å². The van der Waals surface area contributed by atoms with E-state index in [4.69, 9.17) is 9.84 Å². The highest BCUT2D eigenvalue weighted by Gasteiger charge is 1.92. The van der Waals surface area contributed by atoms with E-state index in [1.807, 2.05) is 19.9 Å². The van der Waals surface area contributed by atoms with Crippen molar-refractivity contribution in [2.45, 2.75) is 33.8 Å². The SMILES string of the molecule is CC.CC(C)O.CO/C=C\c1cnc(Br)s1. The van der Waals surface area contributed by atoms with Gasteiger partial charge in [0, 0.05) is 12.3 Å². The van der Waals surface area contributed by atoms with Gasteiger partial charge in [0.05, 0.1) is 18.2 Å². The number of halogens is 1. The third kappa shape index (κ3) is 13.6. The molecule has 0 unspecified atom stereocenters. The average Bonchev–Trinajstić information content (AvgIpc) is 2.63. The predicted octanol–water partition coefficient (Wildman–Crippen LogP) is 3.94. The Balaban J connectivity index is 0. The number of hydrogen-bond donors (Lipinski definition) is 1. The van der Waals surface area contributed by atoms with Crippen molar-refractivity contribution in [1.29, 1.82) is 0 Å². The first kappa shape index (κ1) is 18.0. The van der Waals surface area contributed by atoms with E-state index in [0.717, 1.165) is 8.79 Å². The van der Waals surface area contributed by atoms with Gasteiger partial charge in [-0.25, -0.2) is 4.98 Å². The van der Waals surface area contributed by atoms with Crippen molar-refractivity contribution in [3.05, 3.63) is 21.3 Å². The molecule has 0 amide bonds. The molecule has 1 heterocycles. The van der Waals surface area contributed by atoms with Crippen molar-refractivity contribution in [3.8, 4) is 0 Å². The lowest BCUT2D eigenvalue weighted by Gasteiger charge is -1.82. The van der Waals surface area contributed by atoms with Gasteiger partial charge in [-0.15, -0.1) is 11.3 Å². The molecule has 1 aromatic heterocycles. The number of aliphatic hydroxyl groups is 1. The quantitative estimate of drug-likeness (QED) is 0.841. The molecule has 0 radical (unpaired) electrons. The lowest BCUT2D eigenvalue weighted by Crippen LogP contribution is -1.85. The van der Waals surface area contributed by atoms with E-state index >= 15 is 0 Å². The second kappa shape index (κ2) is 12.7. The van der Waals surface area contributed by atoms with E-state index in [2.05, 4.69) is 20.9 Å². The standard InChI is InChI=1S/C6H6BrNOS.C3H8O.C2H6/c1-9-3-2-5-4-8-6(7)10-5;1-3(2)4;1-2/h2-4H,1H3;3-4H,1-2H3;1-2H3/b3-2-;;. The first-order chi connectivity index (χ1) is 7.56. The van der Waals surface area contributed by atoms with Gasteiger partial charge >= 0.3 is 0 Å². The van der Waals surface area contributed by atoms with E-state index in [-0.39, 0.29) is 6.10 Å². The van der Waals surface area contributed by atoms with Crippen molar-refractivity contribution < 1.29 is 9.84 Å². The molecule has 1 rings (SSSR count). The van der Waals surface area contributed by atoms with Crippen molar-refractivity contribution in [3.63, 3.8) is 0 Å². The minimum absolute atomic E-state index is 0.167. The van der Waals surface area contributed by atoms with E-state index in [1.165, 1.54) is 0 Å². The second-order valence-corrected chi connectivity index (χ2v) is 4.99. The largest absolute Gasteiger partial charge is 0.504 e. The van der Waals surface area contributed by atoms with Crippen LogP contribution in [0.15, 0.2) is 16.4 Å². The third-order valence-electron chi connectivity index (χ3n) is 0.864. The van der Waals surface area contributed by atoms with Gasteiger partial charge in [0.2, 0.25) is 0 Å². The van der Waals surface area contributed by atoms with Crippen LogP contribution in [0.1, 0.15) is 32.6 Å². The summed E-state index contributed by atoms with van der Waals surface area (Å²) in [6.45, 7) is 7.44. The Kier molecular flexibility index (Phi) is 14.3. The molecule has 5 heteroatoms. The van der Waals surface area contributed by atoms with Crippen molar-refractivity contribution in [2.75, 3.05) is 7.11 Å². The van der Waals surface area contributed by atoms with Crippen LogP contribution < -0.4 is 0 Å². The van der Waals surface area contributed by atoms with E-state index < -0.39 is 0 Å². The van der Waals surface area contributed by atoms with Crippen LogP contribution in [-0.2, 0) is 4.74 Å². The number of thiazole rings is 1. The Morgan fingerprint density at radius 2 is 2.00 bits per heavy atom. The first-order valence-corrected chi connectivity index (χ1v) is 6.66. The van der Waals surface area contributed by atoms with Gasteiger partial charge in [0.15, 0.2) is 3.92 Å². The van der Waals surface area contributed by atoms with Gasteiger partial charge in [-0.2, -0.15) is 0 Å². The highest BCUT2D eigenvalue weighted by atomic mass is 79.9. The number of aliphatic hydroxyl groups excluding tert-OH is 1.